The molecule has 1 nitrogen and oxygen atoms in total. The van der Waals surface area contributed by atoms with E-state index in [-0.39, 0.29) is 0 Å². The molecule has 1 aliphatic rings. The van der Waals surface area contributed by atoms with Gasteiger partial charge in [-0.1, -0.05) is 6.92 Å². The van der Waals surface area contributed by atoms with E-state index in [1.165, 1.54) is 18.4 Å². The molecule has 0 aromatic carbocycles. The zero-order chi connectivity index (χ0) is 9.26. The summed E-state index contributed by atoms with van der Waals surface area (Å²) in [7, 11) is 0. The normalized spacial score (nSPS) is 29.7. The number of rotatable bonds is 3. The first-order valence-corrected chi connectivity index (χ1v) is 6.00. The topological polar surface area (TPSA) is 12.0 Å². The van der Waals surface area contributed by atoms with Crippen molar-refractivity contribution in [2.75, 3.05) is 0 Å². The first-order chi connectivity index (χ1) is 6.27. The molecule has 0 bridgehead atoms. The van der Waals surface area contributed by atoms with Crippen molar-refractivity contribution < 1.29 is 0 Å². The summed E-state index contributed by atoms with van der Waals surface area (Å²) >= 11 is 1.78. The first kappa shape index (κ1) is 9.22. The maximum absolute atomic E-state index is 3.68. The fraction of sp³-hybridized carbons (Fsp3) is 0.636. The van der Waals surface area contributed by atoms with Crippen molar-refractivity contribution in [3.05, 3.63) is 22.4 Å². The second-order valence-corrected chi connectivity index (χ2v) is 4.89. The minimum absolute atomic E-state index is 0.527. The van der Waals surface area contributed by atoms with Crippen LogP contribution >= 0.6 is 11.3 Å². The molecule has 72 valence electrons. The number of hydrogen-bond acceptors (Lipinski definition) is 2. The Morgan fingerprint density at radius 3 is 2.85 bits per heavy atom. The molecular weight excluding hydrogens is 178 g/mol. The molecule has 0 radical (unpaired) electrons. The predicted octanol–water partition coefficient (Wildman–Crippen LogP) is 3.20. The largest absolute Gasteiger partial charge is 0.307 e. The van der Waals surface area contributed by atoms with E-state index in [0.29, 0.717) is 6.04 Å². The van der Waals surface area contributed by atoms with Crippen molar-refractivity contribution >= 4 is 11.3 Å². The highest BCUT2D eigenvalue weighted by Crippen LogP contribution is 2.29. The van der Waals surface area contributed by atoms with E-state index in [0.717, 1.165) is 12.0 Å². The monoisotopic (exact) mass is 195 g/mol. The van der Waals surface area contributed by atoms with Crippen LogP contribution in [0.5, 0.6) is 0 Å². The fourth-order valence-electron chi connectivity index (χ4n) is 1.85. The fourth-order valence-corrected chi connectivity index (χ4v) is 2.61. The molecule has 2 heteroatoms. The van der Waals surface area contributed by atoms with Gasteiger partial charge in [0.1, 0.15) is 0 Å². The standard InChI is InChI=1S/C11H17NS/c1-8-3-4-11(8)12-9(2)10-5-6-13-7-10/h5-9,11-12H,3-4H2,1-2H3. The van der Waals surface area contributed by atoms with E-state index in [1.54, 1.807) is 11.3 Å². The third-order valence-corrected chi connectivity index (χ3v) is 3.83. The van der Waals surface area contributed by atoms with Gasteiger partial charge in [-0.15, -0.1) is 0 Å². The van der Waals surface area contributed by atoms with Crippen molar-refractivity contribution in [2.24, 2.45) is 5.92 Å². The van der Waals surface area contributed by atoms with Crippen molar-refractivity contribution in [1.29, 1.82) is 0 Å². The zero-order valence-electron chi connectivity index (χ0n) is 8.29. The van der Waals surface area contributed by atoms with Crippen molar-refractivity contribution in [3.63, 3.8) is 0 Å². The molecule has 0 spiro atoms. The van der Waals surface area contributed by atoms with Gasteiger partial charge in [-0.3, -0.25) is 0 Å². The number of thiophene rings is 1. The lowest BCUT2D eigenvalue weighted by Gasteiger charge is -2.36. The van der Waals surface area contributed by atoms with Crippen LogP contribution in [0, 0.1) is 5.92 Å². The van der Waals surface area contributed by atoms with Gasteiger partial charge in [0.25, 0.3) is 0 Å². The zero-order valence-corrected chi connectivity index (χ0v) is 9.10. The molecule has 3 unspecified atom stereocenters. The van der Waals surface area contributed by atoms with Crippen LogP contribution in [-0.2, 0) is 0 Å². The van der Waals surface area contributed by atoms with Gasteiger partial charge in [-0.25, -0.2) is 0 Å². The number of hydrogen-bond donors (Lipinski definition) is 1. The van der Waals surface area contributed by atoms with Crippen LogP contribution in [0.4, 0.5) is 0 Å². The van der Waals surface area contributed by atoms with Gasteiger partial charge in [0, 0.05) is 12.1 Å². The SMILES string of the molecule is CC(NC1CCC1C)c1ccsc1. The molecule has 2 rings (SSSR count). The Kier molecular flexibility index (Phi) is 2.70. The van der Waals surface area contributed by atoms with Crippen LogP contribution < -0.4 is 5.32 Å². The molecule has 1 fully saturated rings. The maximum Gasteiger partial charge on any atom is 0.0302 e. The average Bonchev–Trinajstić information content (AvgIpc) is 2.64. The molecule has 0 aliphatic heterocycles. The summed E-state index contributed by atoms with van der Waals surface area (Å²) in [5.41, 5.74) is 1.43. The summed E-state index contributed by atoms with van der Waals surface area (Å²) in [6.07, 6.45) is 2.75. The second-order valence-electron chi connectivity index (χ2n) is 4.11. The van der Waals surface area contributed by atoms with E-state index in [4.69, 9.17) is 0 Å². The lowest BCUT2D eigenvalue weighted by atomic mass is 9.80. The predicted molar refractivity (Wildman–Crippen MR) is 58.1 cm³/mol. The molecule has 1 N–H and O–H groups in total. The molecule has 1 aromatic heterocycles. The minimum atomic E-state index is 0.527. The van der Waals surface area contributed by atoms with Gasteiger partial charge >= 0.3 is 0 Å². The lowest BCUT2D eigenvalue weighted by molar-refractivity contribution is 0.214. The van der Waals surface area contributed by atoms with E-state index < -0.39 is 0 Å². The highest BCUT2D eigenvalue weighted by molar-refractivity contribution is 7.07. The van der Waals surface area contributed by atoms with Crippen molar-refractivity contribution in [3.8, 4) is 0 Å². The van der Waals surface area contributed by atoms with Crippen LogP contribution in [0.25, 0.3) is 0 Å². The van der Waals surface area contributed by atoms with Crippen molar-refractivity contribution in [1.82, 2.24) is 5.32 Å². The third-order valence-electron chi connectivity index (χ3n) is 3.13. The van der Waals surface area contributed by atoms with E-state index in [1.807, 2.05) is 0 Å². The van der Waals surface area contributed by atoms with Crippen molar-refractivity contribution in [2.45, 2.75) is 38.8 Å². The second kappa shape index (κ2) is 3.81. The smallest absolute Gasteiger partial charge is 0.0302 e. The Bertz CT molecular complexity index is 255. The Morgan fingerprint density at radius 2 is 2.38 bits per heavy atom. The van der Waals surface area contributed by atoms with E-state index >= 15 is 0 Å². The van der Waals surface area contributed by atoms with Gasteiger partial charge in [0.15, 0.2) is 0 Å². The van der Waals surface area contributed by atoms with Gasteiger partial charge in [-0.2, -0.15) is 11.3 Å². The molecule has 0 amide bonds. The van der Waals surface area contributed by atoms with Gasteiger partial charge < -0.3 is 5.32 Å². The molecule has 1 aliphatic carbocycles. The Labute approximate surface area is 84.2 Å². The van der Waals surface area contributed by atoms with Gasteiger partial charge in [0.05, 0.1) is 0 Å². The minimum Gasteiger partial charge on any atom is -0.307 e. The summed E-state index contributed by atoms with van der Waals surface area (Å²) in [6.45, 7) is 4.59. The molecule has 13 heavy (non-hydrogen) atoms. The Hall–Kier alpha value is -0.340. The van der Waals surface area contributed by atoms with Crippen LogP contribution in [0.1, 0.15) is 38.3 Å². The Morgan fingerprint density at radius 1 is 1.54 bits per heavy atom. The third kappa shape index (κ3) is 1.94. The van der Waals surface area contributed by atoms with Crippen LogP contribution in [0.3, 0.4) is 0 Å². The van der Waals surface area contributed by atoms with Crippen LogP contribution in [0.2, 0.25) is 0 Å². The van der Waals surface area contributed by atoms with Crippen LogP contribution in [0.15, 0.2) is 16.8 Å². The summed E-state index contributed by atoms with van der Waals surface area (Å²) in [6, 6.07) is 3.50. The average molecular weight is 195 g/mol. The first-order valence-electron chi connectivity index (χ1n) is 5.05. The van der Waals surface area contributed by atoms with Crippen LogP contribution in [-0.4, -0.2) is 6.04 Å². The molecule has 1 saturated carbocycles. The Balaban J connectivity index is 1.88. The molecule has 1 heterocycles. The summed E-state index contributed by atoms with van der Waals surface area (Å²) in [5.74, 6) is 0.876. The van der Waals surface area contributed by atoms with E-state index in [2.05, 4.69) is 36.0 Å². The van der Waals surface area contributed by atoms with Gasteiger partial charge in [-0.05, 0) is 48.1 Å². The molecule has 1 aromatic rings. The molecule has 3 atom stereocenters. The van der Waals surface area contributed by atoms with E-state index in [9.17, 15) is 0 Å². The van der Waals surface area contributed by atoms with Gasteiger partial charge in [0.2, 0.25) is 0 Å². The highest BCUT2D eigenvalue weighted by atomic mass is 32.1. The lowest BCUT2D eigenvalue weighted by Crippen LogP contribution is -2.43. The number of nitrogens with one attached hydrogen (secondary N) is 1. The molecule has 0 saturated heterocycles. The summed E-state index contributed by atoms with van der Waals surface area (Å²) in [4.78, 5) is 0. The summed E-state index contributed by atoms with van der Waals surface area (Å²) < 4.78 is 0. The summed E-state index contributed by atoms with van der Waals surface area (Å²) in [5, 5.41) is 8.06. The highest BCUT2D eigenvalue weighted by Gasteiger charge is 2.27. The quantitative estimate of drug-likeness (QED) is 0.781. The molecular formula is C11H17NS. The maximum atomic E-state index is 3.68.